The van der Waals surface area contributed by atoms with Crippen LogP contribution in [0.1, 0.15) is 10.4 Å². The number of carbonyl (C=O) groups is 2. The van der Waals surface area contributed by atoms with Gasteiger partial charge >= 0.3 is 0 Å². The first-order valence-electron chi connectivity index (χ1n) is 8.93. The van der Waals surface area contributed by atoms with Gasteiger partial charge in [-0.1, -0.05) is 15.9 Å². The Balaban J connectivity index is 1.52. The molecule has 2 aromatic carbocycles. The van der Waals surface area contributed by atoms with Crippen molar-refractivity contribution < 1.29 is 18.0 Å². The minimum absolute atomic E-state index is 0.156. The Bertz CT molecular complexity index is 986. The fourth-order valence-electron chi connectivity index (χ4n) is 3.01. The molecule has 1 fully saturated rings. The van der Waals surface area contributed by atoms with Gasteiger partial charge in [-0.15, -0.1) is 0 Å². The van der Waals surface area contributed by atoms with Gasteiger partial charge < -0.3 is 11.1 Å². The first-order valence-corrected chi connectivity index (χ1v) is 11.2. The topological polar surface area (TPSA) is 113 Å². The molecule has 8 nitrogen and oxygen atoms in total. The van der Waals surface area contributed by atoms with E-state index in [0.29, 0.717) is 37.4 Å². The summed E-state index contributed by atoms with van der Waals surface area (Å²) in [6.07, 6.45) is 0. The van der Waals surface area contributed by atoms with Gasteiger partial charge in [-0.3, -0.25) is 14.5 Å². The van der Waals surface area contributed by atoms with Gasteiger partial charge in [0.15, 0.2) is 0 Å². The highest BCUT2D eigenvalue weighted by molar-refractivity contribution is 9.10. The lowest BCUT2D eigenvalue weighted by molar-refractivity contribution is -0.117. The Morgan fingerprint density at radius 3 is 2.10 bits per heavy atom. The SMILES string of the molecule is NC(=O)c1ccc(NC(=O)CN2CCN(S(=O)(=O)c3ccc(Br)cc3)CC2)cc1. The molecule has 3 N–H and O–H groups in total. The number of hydrogen-bond acceptors (Lipinski definition) is 5. The maximum atomic E-state index is 12.7. The lowest BCUT2D eigenvalue weighted by atomic mass is 10.2. The number of piperazine rings is 1. The van der Waals surface area contributed by atoms with E-state index in [-0.39, 0.29) is 17.3 Å². The normalized spacial score (nSPS) is 15.8. The third-order valence-corrected chi connectivity index (χ3v) is 7.04. The highest BCUT2D eigenvalue weighted by Gasteiger charge is 2.29. The quantitative estimate of drug-likeness (QED) is 0.650. The number of hydrogen-bond donors (Lipinski definition) is 2. The second-order valence-electron chi connectivity index (χ2n) is 6.62. The molecule has 0 spiro atoms. The van der Waals surface area contributed by atoms with Crippen molar-refractivity contribution in [2.24, 2.45) is 5.73 Å². The monoisotopic (exact) mass is 480 g/mol. The average molecular weight is 481 g/mol. The number of sulfonamides is 1. The molecular weight excluding hydrogens is 460 g/mol. The zero-order valence-electron chi connectivity index (χ0n) is 15.5. The lowest BCUT2D eigenvalue weighted by Gasteiger charge is -2.33. The van der Waals surface area contributed by atoms with Crippen molar-refractivity contribution in [3.8, 4) is 0 Å². The summed E-state index contributed by atoms with van der Waals surface area (Å²) in [6, 6.07) is 12.9. The van der Waals surface area contributed by atoms with E-state index >= 15 is 0 Å². The fraction of sp³-hybridized carbons (Fsp3) is 0.263. The lowest BCUT2D eigenvalue weighted by Crippen LogP contribution is -2.50. The number of primary amides is 1. The molecule has 154 valence electrons. The Hall–Kier alpha value is -2.27. The molecule has 2 aromatic rings. The molecule has 0 radical (unpaired) electrons. The Morgan fingerprint density at radius 1 is 0.966 bits per heavy atom. The predicted octanol–water partition coefficient (Wildman–Crippen LogP) is 1.49. The van der Waals surface area contributed by atoms with Crippen LogP contribution in [0, 0.1) is 0 Å². The van der Waals surface area contributed by atoms with Crippen LogP contribution in [0.4, 0.5) is 5.69 Å². The molecule has 0 aliphatic carbocycles. The predicted molar refractivity (Wildman–Crippen MR) is 113 cm³/mol. The molecule has 29 heavy (non-hydrogen) atoms. The third-order valence-electron chi connectivity index (χ3n) is 4.60. The maximum Gasteiger partial charge on any atom is 0.248 e. The van der Waals surface area contributed by atoms with Crippen molar-refractivity contribution in [3.63, 3.8) is 0 Å². The second kappa shape index (κ2) is 9.04. The van der Waals surface area contributed by atoms with E-state index < -0.39 is 15.9 Å². The molecule has 0 unspecified atom stereocenters. The summed E-state index contributed by atoms with van der Waals surface area (Å²) < 4.78 is 27.7. The number of amides is 2. The van der Waals surface area contributed by atoms with Crippen molar-refractivity contribution >= 4 is 43.5 Å². The minimum Gasteiger partial charge on any atom is -0.366 e. The van der Waals surface area contributed by atoms with Crippen LogP contribution in [0.3, 0.4) is 0 Å². The van der Waals surface area contributed by atoms with E-state index in [1.54, 1.807) is 48.5 Å². The van der Waals surface area contributed by atoms with Crippen LogP contribution in [-0.4, -0.2) is 62.2 Å². The number of carbonyl (C=O) groups excluding carboxylic acids is 2. The number of rotatable bonds is 6. The molecule has 0 bridgehead atoms. The van der Waals surface area contributed by atoms with E-state index in [4.69, 9.17) is 5.73 Å². The fourth-order valence-corrected chi connectivity index (χ4v) is 4.69. The maximum absolute atomic E-state index is 12.7. The van der Waals surface area contributed by atoms with Crippen LogP contribution in [0.15, 0.2) is 57.9 Å². The molecule has 2 amide bonds. The molecule has 1 aliphatic rings. The molecule has 1 heterocycles. The van der Waals surface area contributed by atoms with E-state index in [0.717, 1.165) is 4.47 Å². The minimum atomic E-state index is -3.54. The van der Waals surface area contributed by atoms with Crippen molar-refractivity contribution in [2.75, 3.05) is 38.0 Å². The summed E-state index contributed by atoms with van der Waals surface area (Å²) in [5.41, 5.74) is 6.13. The standard InChI is InChI=1S/C19H21BrN4O4S/c20-15-3-7-17(8-4-15)29(27,28)24-11-9-23(10-12-24)13-18(25)22-16-5-1-14(2-6-16)19(21)26/h1-8H,9-13H2,(H2,21,26)(H,22,25). The Morgan fingerprint density at radius 2 is 1.55 bits per heavy atom. The highest BCUT2D eigenvalue weighted by Crippen LogP contribution is 2.20. The summed E-state index contributed by atoms with van der Waals surface area (Å²) in [4.78, 5) is 25.5. The molecule has 1 aliphatic heterocycles. The van der Waals surface area contributed by atoms with E-state index in [2.05, 4.69) is 21.2 Å². The van der Waals surface area contributed by atoms with E-state index in [1.165, 1.54) is 4.31 Å². The molecule has 3 rings (SSSR count). The zero-order chi connectivity index (χ0) is 21.0. The molecule has 0 aromatic heterocycles. The number of nitrogens with two attached hydrogens (primary N) is 1. The Labute approximate surface area is 177 Å². The third kappa shape index (κ3) is 5.41. The second-order valence-corrected chi connectivity index (χ2v) is 9.48. The van der Waals surface area contributed by atoms with E-state index in [9.17, 15) is 18.0 Å². The first-order chi connectivity index (χ1) is 13.8. The van der Waals surface area contributed by atoms with Crippen LogP contribution in [-0.2, 0) is 14.8 Å². The number of halogens is 1. The summed E-state index contributed by atoms with van der Waals surface area (Å²) in [5.74, 6) is -0.736. The molecular formula is C19H21BrN4O4S. The number of nitrogens with one attached hydrogen (secondary N) is 1. The van der Waals surface area contributed by atoms with Gasteiger partial charge in [0.05, 0.1) is 11.4 Å². The highest BCUT2D eigenvalue weighted by atomic mass is 79.9. The number of anilines is 1. The average Bonchev–Trinajstić information content (AvgIpc) is 2.69. The zero-order valence-corrected chi connectivity index (χ0v) is 17.9. The van der Waals surface area contributed by atoms with Crippen LogP contribution < -0.4 is 11.1 Å². The van der Waals surface area contributed by atoms with Gasteiger partial charge in [0, 0.05) is 41.9 Å². The van der Waals surface area contributed by atoms with Crippen LogP contribution >= 0.6 is 15.9 Å². The van der Waals surface area contributed by atoms with Crippen LogP contribution in [0.5, 0.6) is 0 Å². The van der Waals surface area contributed by atoms with Crippen LogP contribution in [0.25, 0.3) is 0 Å². The van der Waals surface area contributed by atoms with Gasteiger partial charge in [0.2, 0.25) is 21.8 Å². The van der Waals surface area contributed by atoms with Crippen molar-refractivity contribution in [3.05, 3.63) is 58.6 Å². The molecule has 10 heteroatoms. The smallest absolute Gasteiger partial charge is 0.248 e. The van der Waals surface area contributed by atoms with Crippen molar-refractivity contribution in [1.29, 1.82) is 0 Å². The molecule has 1 saturated heterocycles. The summed E-state index contributed by atoms with van der Waals surface area (Å²) in [5, 5.41) is 2.76. The molecule has 0 atom stereocenters. The number of nitrogens with zero attached hydrogens (tertiary/aromatic N) is 2. The van der Waals surface area contributed by atoms with Gasteiger partial charge in [-0.2, -0.15) is 4.31 Å². The first kappa shape index (κ1) is 21.4. The largest absolute Gasteiger partial charge is 0.366 e. The van der Waals surface area contributed by atoms with E-state index in [1.807, 2.05) is 4.90 Å². The van der Waals surface area contributed by atoms with Crippen molar-refractivity contribution in [2.45, 2.75) is 4.90 Å². The van der Waals surface area contributed by atoms with Crippen LogP contribution in [0.2, 0.25) is 0 Å². The Kier molecular flexibility index (Phi) is 6.68. The summed E-state index contributed by atoms with van der Waals surface area (Å²) in [7, 11) is -3.54. The van der Waals surface area contributed by atoms with Gasteiger partial charge in [0.1, 0.15) is 0 Å². The molecule has 0 saturated carbocycles. The van der Waals surface area contributed by atoms with Crippen molar-refractivity contribution in [1.82, 2.24) is 9.21 Å². The van der Waals surface area contributed by atoms with Gasteiger partial charge in [0.25, 0.3) is 0 Å². The van der Waals surface area contributed by atoms with Gasteiger partial charge in [-0.25, -0.2) is 8.42 Å². The summed E-state index contributed by atoms with van der Waals surface area (Å²) >= 11 is 3.30. The van der Waals surface area contributed by atoms with Gasteiger partial charge in [-0.05, 0) is 48.5 Å². The number of benzene rings is 2. The summed E-state index contributed by atoms with van der Waals surface area (Å²) in [6.45, 7) is 1.72.